The maximum absolute atomic E-state index is 6.00. The molecule has 0 aromatic heterocycles. The van der Waals surface area contributed by atoms with Crippen molar-refractivity contribution in [1.29, 1.82) is 0 Å². The van der Waals surface area contributed by atoms with Crippen LogP contribution in [-0.4, -0.2) is 25.6 Å². The lowest BCUT2D eigenvalue weighted by molar-refractivity contribution is -0.184. The summed E-state index contributed by atoms with van der Waals surface area (Å²) in [6.45, 7) is 11.3. The van der Waals surface area contributed by atoms with Crippen LogP contribution in [0.4, 0.5) is 0 Å². The minimum absolute atomic E-state index is 0.326. The predicted molar refractivity (Wildman–Crippen MR) is 86.3 cm³/mol. The van der Waals surface area contributed by atoms with E-state index in [1.165, 1.54) is 11.1 Å². The highest BCUT2D eigenvalue weighted by Crippen LogP contribution is 2.51. The highest BCUT2D eigenvalue weighted by atomic mass is 16.7. The summed E-state index contributed by atoms with van der Waals surface area (Å²) in [5, 5.41) is 0. The fourth-order valence-corrected chi connectivity index (χ4v) is 3.86. The van der Waals surface area contributed by atoms with Gasteiger partial charge in [0.15, 0.2) is 5.79 Å². The summed E-state index contributed by atoms with van der Waals surface area (Å²) in [7, 11) is 0. The molecule has 2 aliphatic rings. The van der Waals surface area contributed by atoms with E-state index >= 15 is 0 Å². The predicted octanol–water partition coefficient (Wildman–Crippen LogP) is 3.79. The summed E-state index contributed by atoms with van der Waals surface area (Å²) in [6.07, 6.45) is 0.906. The molecule has 1 aliphatic heterocycles. The lowest BCUT2D eigenvalue weighted by Gasteiger charge is -2.29. The average Bonchev–Trinajstić information content (AvgIpc) is 3.09. The van der Waals surface area contributed by atoms with Gasteiger partial charge in [0.1, 0.15) is 0 Å². The van der Waals surface area contributed by atoms with Crippen molar-refractivity contribution in [3.8, 4) is 0 Å². The van der Waals surface area contributed by atoms with Gasteiger partial charge in [-0.1, -0.05) is 49.4 Å². The van der Waals surface area contributed by atoms with Crippen molar-refractivity contribution < 1.29 is 14.2 Å². The first-order chi connectivity index (χ1) is 10.6. The average molecular weight is 302 g/mol. The number of rotatable bonds is 5. The van der Waals surface area contributed by atoms with Crippen molar-refractivity contribution in [2.75, 3.05) is 19.8 Å². The van der Waals surface area contributed by atoms with Crippen LogP contribution in [0.1, 0.15) is 25.8 Å². The minimum Gasteiger partial charge on any atom is -0.376 e. The summed E-state index contributed by atoms with van der Waals surface area (Å²) in [5.41, 5.74) is 2.42. The number of benzene rings is 1. The van der Waals surface area contributed by atoms with Gasteiger partial charge in [0.25, 0.3) is 0 Å². The van der Waals surface area contributed by atoms with E-state index in [1.807, 2.05) is 18.2 Å². The van der Waals surface area contributed by atoms with Crippen molar-refractivity contribution in [3.63, 3.8) is 0 Å². The van der Waals surface area contributed by atoms with Crippen LogP contribution >= 0.6 is 0 Å². The Morgan fingerprint density at radius 3 is 2.59 bits per heavy atom. The SMILES string of the molecule is C=C(C)[C@@H]1CC2(OCCO2)[C@H](C)[C@H]1COCc1ccccc1. The van der Waals surface area contributed by atoms with Crippen LogP contribution in [0, 0.1) is 17.8 Å². The smallest absolute Gasteiger partial charge is 0.171 e. The molecule has 1 saturated carbocycles. The number of hydrogen-bond acceptors (Lipinski definition) is 3. The molecule has 1 aliphatic carbocycles. The Labute approximate surface area is 133 Å². The molecule has 0 amide bonds. The van der Waals surface area contributed by atoms with Crippen LogP contribution in [0.15, 0.2) is 42.5 Å². The van der Waals surface area contributed by atoms with Gasteiger partial charge >= 0.3 is 0 Å². The van der Waals surface area contributed by atoms with Gasteiger partial charge in [-0.25, -0.2) is 0 Å². The van der Waals surface area contributed by atoms with Gasteiger partial charge in [-0.05, 0) is 24.3 Å². The first-order valence-electron chi connectivity index (χ1n) is 8.17. The van der Waals surface area contributed by atoms with E-state index in [1.54, 1.807) is 0 Å². The van der Waals surface area contributed by atoms with Crippen molar-refractivity contribution in [2.45, 2.75) is 32.7 Å². The van der Waals surface area contributed by atoms with Gasteiger partial charge in [0.05, 0.1) is 26.4 Å². The number of ether oxygens (including phenoxy) is 3. The topological polar surface area (TPSA) is 27.7 Å². The molecule has 3 rings (SSSR count). The van der Waals surface area contributed by atoms with E-state index in [2.05, 4.69) is 32.6 Å². The molecule has 22 heavy (non-hydrogen) atoms. The highest BCUT2D eigenvalue weighted by Gasteiger charge is 2.55. The Kier molecular flexibility index (Phi) is 4.67. The molecule has 1 spiro atoms. The Morgan fingerprint density at radius 1 is 1.27 bits per heavy atom. The molecule has 120 valence electrons. The second-order valence-corrected chi connectivity index (χ2v) is 6.62. The van der Waals surface area contributed by atoms with Crippen molar-refractivity contribution in [3.05, 3.63) is 48.0 Å². The number of hydrogen-bond donors (Lipinski definition) is 0. The van der Waals surface area contributed by atoms with Crippen molar-refractivity contribution in [2.24, 2.45) is 17.8 Å². The maximum atomic E-state index is 6.00. The molecule has 1 aromatic carbocycles. The van der Waals surface area contributed by atoms with Gasteiger partial charge in [-0.2, -0.15) is 0 Å². The van der Waals surface area contributed by atoms with E-state index in [9.17, 15) is 0 Å². The molecule has 0 radical (unpaired) electrons. The third-order valence-corrected chi connectivity index (χ3v) is 5.19. The third kappa shape index (κ3) is 2.98. The largest absolute Gasteiger partial charge is 0.376 e. The van der Waals surface area contributed by atoms with Gasteiger partial charge in [-0.15, -0.1) is 0 Å². The van der Waals surface area contributed by atoms with Crippen LogP contribution in [0.2, 0.25) is 0 Å². The molecule has 3 atom stereocenters. The highest BCUT2D eigenvalue weighted by molar-refractivity contribution is 5.13. The van der Waals surface area contributed by atoms with Gasteiger partial charge in [0, 0.05) is 12.3 Å². The molecular weight excluding hydrogens is 276 g/mol. The molecule has 0 N–H and O–H groups in total. The summed E-state index contributed by atoms with van der Waals surface area (Å²) in [5.74, 6) is 0.723. The molecule has 0 unspecified atom stereocenters. The maximum Gasteiger partial charge on any atom is 0.171 e. The first-order valence-corrected chi connectivity index (χ1v) is 8.17. The summed E-state index contributed by atoms with van der Waals surface area (Å²) in [6, 6.07) is 10.3. The van der Waals surface area contributed by atoms with Crippen LogP contribution in [-0.2, 0) is 20.8 Å². The van der Waals surface area contributed by atoms with Crippen molar-refractivity contribution in [1.82, 2.24) is 0 Å². The van der Waals surface area contributed by atoms with Crippen molar-refractivity contribution >= 4 is 0 Å². The van der Waals surface area contributed by atoms with E-state index in [4.69, 9.17) is 14.2 Å². The summed E-state index contributed by atoms with van der Waals surface area (Å²) < 4.78 is 17.9. The van der Waals surface area contributed by atoms with Gasteiger partial charge in [0.2, 0.25) is 0 Å². The third-order valence-electron chi connectivity index (χ3n) is 5.19. The molecule has 0 bridgehead atoms. The number of allylic oxidation sites excluding steroid dienone is 1. The van der Waals surface area contributed by atoms with E-state index in [0.717, 1.165) is 13.0 Å². The molecule has 3 heteroatoms. The molecule has 1 aromatic rings. The van der Waals surface area contributed by atoms with Crippen LogP contribution in [0.25, 0.3) is 0 Å². The zero-order valence-electron chi connectivity index (χ0n) is 13.6. The Morgan fingerprint density at radius 2 is 1.95 bits per heavy atom. The quantitative estimate of drug-likeness (QED) is 0.774. The normalized spacial score (nSPS) is 30.0. The second-order valence-electron chi connectivity index (χ2n) is 6.62. The molecule has 2 fully saturated rings. The summed E-state index contributed by atoms with van der Waals surface area (Å²) in [4.78, 5) is 0. The molecule has 1 heterocycles. The monoisotopic (exact) mass is 302 g/mol. The van der Waals surface area contributed by atoms with E-state index in [0.29, 0.717) is 37.6 Å². The van der Waals surface area contributed by atoms with Gasteiger partial charge < -0.3 is 14.2 Å². The summed E-state index contributed by atoms with van der Waals surface area (Å²) >= 11 is 0. The van der Waals surface area contributed by atoms with Crippen LogP contribution < -0.4 is 0 Å². The molecule has 3 nitrogen and oxygen atoms in total. The van der Waals surface area contributed by atoms with Gasteiger partial charge in [-0.3, -0.25) is 0 Å². The minimum atomic E-state index is -0.412. The molecule has 1 saturated heterocycles. The zero-order valence-corrected chi connectivity index (χ0v) is 13.6. The standard InChI is InChI=1S/C19H26O3/c1-14(2)17-11-19(21-9-10-22-19)15(3)18(17)13-20-12-16-7-5-4-6-8-16/h4-8,15,17-18H,1,9-13H2,2-3H3/t15-,17+,18-/m1/s1. The first kappa shape index (κ1) is 15.7. The van der Waals surface area contributed by atoms with E-state index in [-0.39, 0.29) is 0 Å². The lowest BCUT2D eigenvalue weighted by atomic mass is 9.87. The van der Waals surface area contributed by atoms with Crippen LogP contribution in [0.3, 0.4) is 0 Å². The second kappa shape index (κ2) is 6.53. The fraction of sp³-hybridized carbons (Fsp3) is 0.579. The Hall–Kier alpha value is -1.16. The zero-order chi connectivity index (χ0) is 15.6. The van der Waals surface area contributed by atoms with Crippen LogP contribution in [0.5, 0.6) is 0 Å². The Balaban J connectivity index is 1.64. The van der Waals surface area contributed by atoms with E-state index < -0.39 is 5.79 Å². The molecular formula is C19H26O3. The Bertz CT molecular complexity index is 505. The fourth-order valence-electron chi connectivity index (χ4n) is 3.86. The lowest BCUT2D eigenvalue weighted by Crippen LogP contribution is -2.35.